The molecule has 4 nitrogen and oxygen atoms in total. The maximum Gasteiger partial charge on any atom is 0.126 e. The zero-order valence-electron chi connectivity index (χ0n) is 14.8. The highest BCUT2D eigenvalue weighted by Gasteiger charge is 2.27. The van der Waals surface area contributed by atoms with E-state index in [0.717, 1.165) is 35.7 Å². The predicted molar refractivity (Wildman–Crippen MR) is 99.1 cm³/mol. The van der Waals surface area contributed by atoms with Crippen molar-refractivity contribution in [2.75, 3.05) is 19.8 Å². The molecule has 134 valence electrons. The summed E-state index contributed by atoms with van der Waals surface area (Å²) in [5.74, 6) is 0.698. The number of nitrogens with zero attached hydrogens (tertiary/aromatic N) is 2. The van der Waals surface area contributed by atoms with E-state index in [-0.39, 0.29) is 11.9 Å². The Hall–Kier alpha value is -2.50. The summed E-state index contributed by atoms with van der Waals surface area (Å²) in [7, 11) is 0. The van der Waals surface area contributed by atoms with Gasteiger partial charge in [-0.05, 0) is 30.2 Å². The monoisotopic (exact) mass is 351 g/mol. The second-order valence-electron chi connectivity index (χ2n) is 6.74. The average Bonchev–Trinajstić information content (AvgIpc) is 3.15. The molecule has 4 rings (SSSR count). The van der Waals surface area contributed by atoms with Crippen molar-refractivity contribution in [2.45, 2.75) is 19.5 Å². The van der Waals surface area contributed by atoms with Gasteiger partial charge in [-0.15, -0.1) is 0 Å². The van der Waals surface area contributed by atoms with Gasteiger partial charge in [0.15, 0.2) is 0 Å². The summed E-state index contributed by atoms with van der Waals surface area (Å²) in [5.41, 5.74) is 4.45. The minimum Gasteiger partial charge on any atom is -0.378 e. The van der Waals surface area contributed by atoms with Crippen LogP contribution in [0.2, 0.25) is 0 Å². The first-order valence-electron chi connectivity index (χ1n) is 8.87. The molecule has 1 fully saturated rings. The zero-order chi connectivity index (χ0) is 17.9. The number of morpholine rings is 1. The summed E-state index contributed by atoms with van der Waals surface area (Å²) in [5, 5.41) is 0. The maximum atomic E-state index is 13.1. The Kier molecular flexibility index (Phi) is 4.82. The van der Waals surface area contributed by atoms with E-state index in [1.165, 1.54) is 17.7 Å². The molecule has 1 N–H and O–H groups in total. The van der Waals surface area contributed by atoms with Gasteiger partial charge in [0.1, 0.15) is 11.6 Å². The van der Waals surface area contributed by atoms with Crippen LogP contribution in [-0.2, 0) is 11.3 Å². The van der Waals surface area contributed by atoms with Crippen molar-refractivity contribution in [1.82, 2.24) is 14.9 Å². The Morgan fingerprint density at radius 2 is 1.92 bits per heavy atom. The largest absolute Gasteiger partial charge is 0.378 e. The van der Waals surface area contributed by atoms with E-state index >= 15 is 0 Å². The molecule has 0 spiro atoms. The minimum atomic E-state index is -0.207. The smallest absolute Gasteiger partial charge is 0.126 e. The van der Waals surface area contributed by atoms with Gasteiger partial charge in [-0.2, -0.15) is 0 Å². The second kappa shape index (κ2) is 7.40. The topological polar surface area (TPSA) is 41.1 Å². The van der Waals surface area contributed by atoms with Crippen molar-refractivity contribution in [3.63, 3.8) is 0 Å². The zero-order valence-corrected chi connectivity index (χ0v) is 14.8. The van der Waals surface area contributed by atoms with E-state index in [2.05, 4.69) is 46.1 Å². The number of benzene rings is 2. The van der Waals surface area contributed by atoms with Crippen LogP contribution in [0.25, 0.3) is 11.3 Å². The van der Waals surface area contributed by atoms with Crippen molar-refractivity contribution >= 4 is 0 Å². The van der Waals surface area contributed by atoms with Gasteiger partial charge in [-0.25, -0.2) is 9.37 Å². The SMILES string of the molecule is Cc1ccc(-c2cnc([C@@H]3COCCN3Cc3ccc(F)cc3)[nH]2)cc1. The van der Waals surface area contributed by atoms with E-state index < -0.39 is 0 Å². The van der Waals surface area contributed by atoms with Crippen molar-refractivity contribution in [2.24, 2.45) is 0 Å². The molecule has 0 bridgehead atoms. The summed E-state index contributed by atoms with van der Waals surface area (Å²) in [6.07, 6.45) is 1.88. The third-order valence-electron chi connectivity index (χ3n) is 4.81. The third kappa shape index (κ3) is 3.69. The van der Waals surface area contributed by atoms with Crippen LogP contribution in [0.1, 0.15) is 23.0 Å². The van der Waals surface area contributed by atoms with Crippen molar-refractivity contribution in [3.8, 4) is 11.3 Å². The van der Waals surface area contributed by atoms with Crippen LogP contribution < -0.4 is 0 Å². The normalized spacial score (nSPS) is 18.2. The molecule has 1 aliphatic heterocycles. The number of hydrogen-bond acceptors (Lipinski definition) is 3. The molecular weight excluding hydrogens is 329 g/mol. The lowest BCUT2D eigenvalue weighted by atomic mass is 10.1. The molecule has 1 atom stereocenters. The van der Waals surface area contributed by atoms with Gasteiger partial charge in [0.2, 0.25) is 0 Å². The number of ether oxygens (including phenoxy) is 1. The van der Waals surface area contributed by atoms with Gasteiger partial charge in [0.05, 0.1) is 31.1 Å². The van der Waals surface area contributed by atoms with E-state index in [0.29, 0.717) is 13.2 Å². The summed E-state index contributed by atoms with van der Waals surface area (Å²) in [6.45, 7) is 4.94. The number of aromatic nitrogens is 2. The molecule has 0 amide bonds. The van der Waals surface area contributed by atoms with Gasteiger partial charge in [-0.1, -0.05) is 42.0 Å². The van der Waals surface area contributed by atoms with Gasteiger partial charge < -0.3 is 9.72 Å². The number of aromatic amines is 1. The molecule has 2 aromatic carbocycles. The molecule has 1 aliphatic rings. The van der Waals surface area contributed by atoms with Crippen LogP contribution in [0, 0.1) is 12.7 Å². The van der Waals surface area contributed by atoms with Crippen molar-refractivity contribution in [1.29, 1.82) is 0 Å². The molecule has 1 aromatic heterocycles. The number of imidazole rings is 1. The Morgan fingerprint density at radius 3 is 2.69 bits per heavy atom. The minimum absolute atomic E-state index is 0.0630. The molecule has 0 saturated carbocycles. The summed E-state index contributed by atoms with van der Waals surface area (Å²) < 4.78 is 18.8. The summed E-state index contributed by atoms with van der Waals surface area (Å²) in [6, 6.07) is 15.1. The Labute approximate surface area is 152 Å². The first kappa shape index (κ1) is 16.9. The molecule has 3 aromatic rings. The standard InChI is InChI=1S/C21H22FN3O/c1-15-2-6-17(7-3-15)19-12-23-21(24-19)20-14-26-11-10-25(20)13-16-4-8-18(22)9-5-16/h2-9,12,20H,10-11,13-14H2,1H3,(H,23,24)/t20-/m0/s1. The predicted octanol–water partition coefficient (Wildman–Crippen LogP) is 4.10. The van der Waals surface area contributed by atoms with Crippen molar-refractivity contribution < 1.29 is 9.13 Å². The molecule has 0 aliphatic carbocycles. The number of aryl methyl sites for hydroxylation is 1. The molecule has 0 unspecified atom stereocenters. The first-order chi connectivity index (χ1) is 12.7. The second-order valence-corrected chi connectivity index (χ2v) is 6.74. The van der Waals surface area contributed by atoms with Crippen LogP contribution in [-0.4, -0.2) is 34.6 Å². The fourth-order valence-corrected chi connectivity index (χ4v) is 3.29. The highest BCUT2D eigenvalue weighted by molar-refractivity contribution is 5.58. The van der Waals surface area contributed by atoms with Crippen LogP contribution in [0.3, 0.4) is 0 Å². The maximum absolute atomic E-state index is 13.1. The average molecular weight is 351 g/mol. The number of nitrogens with one attached hydrogen (secondary N) is 1. The molecule has 5 heteroatoms. The lowest BCUT2D eigenvalue weighted by Gasteiger charge is -2.34. The van der Waals surface area contributed by atoms with Crippen LogP contribution in [0.5, 0.6) is 0 Å². The molecule has 26 heavy (non-hydrogen) atoms. The number of halogens is 1. The summed E-state index contributed by atoms with van der Waals surface area (Å²) in [4.78, 5) is 10.4. The molecule has 2 heterocycles. The van der Waals surface area contributed by atoms with Crippen LogP contribution in [0.15, 0.2) is 54.7 Å². The van der Waals surface area contributed by atoms with E-state index in [9.17, 15) is 4.39 Å². The number of rotatable bonds is 4. The highest BCUT2D eigenvalue weighted by Crippen LogP contribution is 2.26. The first-order valence-corrected chi connectivity index (χ1v) is 8.87. The van der Waals surface area contributed by atoms with Gasteiger partial charge in [0, 0.05) is 13.1 Å². The lowest BCUT2D eigenvalue weighted by Crippen LogP contribution is -2.39. The number of hydrogen-bond donors (Lipinski definition) is 1. The lowest BCUT2D eigenvalue weighted by molar-refractivity contribution is -0.0156. The quantitative estimate of drug-likeness (QED) is 0.769. The highest BCUT2D eigenvalue weighted by atomic mass is 19.1. The molecule has 1 saturated heterocycles. The summed E-state index contributed by atoms with van der Waals surface area (Å²) >= 11 is 0. The fraction of sp³-hybridized carbons (Fsp3) is 0.286. The molecule has 0 radical (unpaired) electrons. The Morgan fingerprint density at radius 1 is 1.15 bits per heavy atom. The molecular formula is C21H22FN3O. The van der Waals surface area contributed by atoms with Crippen LogP contribution >= 0.6 is 0 Å². The number of H-pyrrole nitrogens is 1. The Balaban J connectivity index is 1.54. The van der Waals surface area contributed by atoms with Gasteiger partial charge in [0.25, 0.3) is 0 Å². The fourth-order valence-electron chi connectivity index (χ4n) is 3.29. The third-order valence-corrected chi connectivity index (χ3v) is 4.81. The van der Waals surface area contributed by atoms with Crippen LogP contribution in [0.4, 0.5) is 4.39 Å². The van der Waals surface area contributed by atoms with Gasteiger partial charge >= 0.3 is 0 Å². The van der Waals surface area contributed by atoms with Crippen molar-refractivity contribution in [3.05, 3.63) is 77.5 Å². The Bertz CT molecular complexity index is 858. The van der Waals surface area contributed by atoms with E-state index in [1.807, 2.05) is 18.3 Å². The van der Waals surface area contributed by atoms with E-state index in [1.54, 1.807) is 0 Å². The van der Waals surface area contributed by atoms with E-state index in [4.69, 9.17) is 4.74 Å². The van der Waals surface area contributed by atoms with Gasteiger partial charge in [-0.3, -0.25) is 4.90 Å².